The summed E-state index contributed by atoms with van der Waals surface area (Å²) < 4.78 is 37.6. The summed E-state index contributed by atoms with van der Waals surface area (Å²) in [5.74, 6) is -0.920. The molecule has 1 heterocycles. The van der Waals surface area contributed by atoms with Crippen LogP contribution in [0.15, 0.2) is 12.3 Å². The number of pyridine rings is 1. The van der Waals surface area contributed by atoms with Crippen molar-refractivity contribution in [1.29, 1.82) is 0 Å². The van der Waals surface area contributed by atoms with Gasteiger partial charge < -0.3 is 0 Å². The van der Waals surface area contributed by atoms with Gasteiger partial charge in [0, 0.05) is 13.2 Å². The molecule has 1 aromatic heterocycles. The largest absolute Gasteiger partial charge is 0.417 e. The minimum absolute atomic E-state index is 0.574. The third-order valence-electron chi connectivity index (χ3n) is 1.86. The number of aromatic nitrogens is 1. The molecule has 0 aromatic carbocycles. The van der Waals surface area contributed by atoms with Gasteiger partial charge in [0.2, 0.25) is 0 Å². The van der Waals surface area contributed by atoms with Gasteiger partial charge in [-0.15, -0.1) is 0 Å². The average Bonchev–Trinajstić information content (AvgIpc) is 2.26. The van der Waals surface area contributed by atoms with Crippen molar-refractivity contribution >= 4 is 5.91 Å². The first-order chi connectivity index (χ1) is 7.38. The Balaban J connectivity index is 3.19. The molecule has 7 heteroatoms. The van der Waals surface area contributed by atoms with Gasteiger partial charge in [0.25, 0.3) is 5.91 Å². The zero-order valence-electron chi connectivity index (χ0n) is 8.50. The quantitative estimate of drug-likeness (QED) is 0.727. The van der Waals surface area contributed by atoms with E-state index in [0.717, 1.165) is 6.20 Å². The fourth-order valence-electron chi connectivity index (χ4n) is 1.01. The molecule has 0 unspecified atom stereocenters. The molecular weight excluding hydrogens is 225 g/mol. The first-order valence-corrected chi connectivity index (χ1v) is 4.13. The van der Waals surface area contributed by atoms with Gasteiger partial charge in [0.05, 0.1) is 24.4 Å². The van der Waals surface area contributed by atoms with Crippen molar-refractivity contribution in [2.75, 3.05) is 14.2 Å². The Morgan fingerprint density at radius 3 is 2.69 bits per heavy atom. The predicted molar refractivity (Wildman–Crippen MR) is 47.2 cm³/mol. The Labute approximate surface area is 89.6 Å². The molecule has 4 nitrogen and oxygen atoms in total. The highest BCUT2D eigenvalue weighted by Gasteiger charge is 2.36. The minimum atomic E-state index is -4.63. The van der Waals surface area contributed by atoms with Gasteiger partial charge in [-0.3, -0.25) is 14.6 Å². The molecule has 0 N–H and O–H groups in total. The third-order valence-corrected chi connectivity index (χ3v) is 1.86. The Bertz CT molecular complexity index is 393. The second-order valence-electron chi connectivity index (χ2n) is 2.84. The fraction of sp³-hybridized carbons (Fsp3) is 0.333. The summed E-state index contributed by atoms with van der Waals surface area (Å²) in [6.45, 7) is 0. The number of amides is 1. The molecule has 87 valence electrons. The lowest BCUT2D eigenvalue weighted by atomic mass is 10.1. The van der Waals surface area contributed by atoms with E-state index in [-0.39, 0.29) is 0 Å². The van der Waals surface area contributed by atoms with Crippen LogP contribution in [-0.2, 0) is 11.0 Å². The maximum atomic E-state index is 12.5. The number of carbonyl (C=O) groups excluding carboxylic acids is 1. The van der Waals surface area contributed by atoms with E-state index in [2.05, 4.69) is 9.82 Å². The van der Waals surface area contributed by atoms with Crippen LogP contribution >= 0.6 is 0 Å². The summed E-state index contributed by atoms with van der Waals surface area (Å²) in [4.78, 5) is 19.4. The summed E-state index contributed by atoms with van der Waals surface area (Å²) in [6, 6.07) is 0.622. The number of halogens is 3. The smallest absolute Gasteiger partial charge is 0.274 e. The van der Waals surface area contributed by atoms with Crippen LogP contribution in [-0.4, -0.2) is 30.1 Å². The number of carbonyl (C=O) groups is 1. The van der Waals surface area contributed by atoms with Crippen molar-refractivity contribution < 1.29 is 22.8 Å². The van der Waals surface area contributed by atoms with Gasteiger partial charge in [-0.05, 0) is 6.07 Å². The Kier molecular flexibility index (Phi) is 3.48. The van der Waals surface area contributed by atoms with Crippen LogP contribution in [0.3, 0.4) is 0 Å². The first-order valence-electron chi connectivity index (χ1n) is 4.13. The number of hydrogen-bond acceptors (Lipinski definition) is 3. The molecule has 0 aliphatic rings. The van der Waals surface area contributed by atoms with Gasteiger partial charge in [-0.1, -0.05) is 0 Å². The van der Waals surface area contributed by atoms with E-state index >= 15 is 0 Å². The lowest BCUT2D eigenvalue weighted by molar-refractivity contribution is -0.138. The number of nitrogens with zero attached hydrogens (tertiary/aromatic N) is 2. The zero-order valence-corrected chi connectivity index (χ0v) is 8.50. The normalized spacial score (nSPS) is 11.3. The molecule has 1 rings (SSSR count). The fourth-order valence-corrected chi connectivity index (χ4v) is 1.01. The van der Waals surface area contributed by atoms with Crippen molar-refractivity contribution in [2.24, 2.45) is 0 Å². The second-order valence-corrected chi connectivity index (χ2v) is 2.84. The molecule has 0 saturated carbocycles. The van der Waals surface area contributed by atoms with E-state index in [1.807, 2.05) is 6.20 Å². The summed E-state index contributed by atoms with van der Waals surface area (Å²) in [5.41, 5.74) is -1.66. The van der Waals surface area contributed by atoms with E-state index in [1.54, 1.807) is 0 Å². The molecule has 1 radical (unpaired) electrons. The predicted octanol–water partition coefficient (Wildman–Crippen LogP) is 1.53. The molecule has 0 fully saturated rings. The number of rotatable bonds is 2. The van der Waals surface area contributed by atoms with E-state index in [1.165, 1.54) is 14.2 Å². The molecule has 1 amide bonds. The van der Waals surface area contributed by atoms with Crippen molar-refractivity contribution in [2.45, 2.75) is 6.18 Å². The standard InChI is InChI=1S/C9H8F3N2O2/c1-14(16-2)8(15)6-5-13-4-3-7(6)9(10,11)12/h3,5H,1-2H3. The Morgan fingerprint density at radius 1 is 1.56 bits per heavy atom. The number of hydroxylamine groups is 2. The summed E-state index contributed by atoms with van der Waals surface area (Å²) in [5, 5.41) is 0.687. The molecule has 0 aliphatic heterocycles. The van der Waals surface area contributed by atoms with E-state index in [9.17, 15) is 18.0 Å². The van der Waals surface area contributed by atoms with Crippen LogP contribution in [0.5, 0.6) is 0 Å². The SMILES string of the molecule is CON(C)C(=O)c1cn[c]cc1C(F)(F)F. The highest BCUT2D eigenvalue weighted by molar-refractivity contribution is 5.94. The van der Waals surface area contributed by atoms with Crippen LogP contribution in [0.1, 0.15) is 15.9 Å². The van der Waals surface area contributed by atoms with Crippen LogP contribution in [0.25, 0.3) is 0 Å². The molecule has 0 spiro atoms. The monoisotopic (exact) mass is 233 g/mol. The van der Waals surface area contributed by atoms with E-state index < -0.39 is 23.2 Å². The first kappa shape index (κ1) is 12.4. The van der Waals surface area contributed by atoms with Gasteiger partial charge in [0.1, 0.15) is 0 Å². The van der Waals surface area contributed by atoms with Crippen molar-refractivity contribution in [3.05, 3.63) is 29.6 Å². The summed E-state index contributed by atoms with van der Waals surface area (Å²) in [7, 11) is 2.38. The highest BCUT2D eigenvalue weighted by Crippen LogP contribution is 2.31. The maximum Gasteiger partial charge on any atom is 0.417 e. The van der Waals surface area contributed by atoms with Gasteiger partial charge in [0.15, 0.2) is 0 Å². The molecular formula is C9H8F3N2O2. The zero-order chi connectivity index (χ0) is 12.3. The number of alkyl halides is 3. The van der Waals surface area contributed by atoms with Crippen molar-refractivity contribution in [3.8, 4) is 0 Å². The Morgan fingerprint density at radius 2 is 2.19 bits per heavy atom. The summed E-state index contributed by atoms with van der Waals surface area (Å²) in [6.07, 6.45) is -1.78. The average molecular weight is 233 g/mol. The molecule has 0 atom stereocenters. The molecule has 0 bridgehead atoms. The van der Waals surface area contributed by atoms with E-state index in [0.29, 0.717) is 11.1 Å². The van der Waals surface area contributed by atoms with Crippen LogP contribution in [0, 0.1) is 6.20 Å². The second kappa shape index (κ2) is 4.48. The lowest BCUT2D eigenvalue weighted by Crippen LogP contribution is -2.28. The third kappa shape index (κ3) is 2.48. The molecule has 0 aliphatic carbocycles. The van der Waals surface area contributed by atoms with Crippen LogP contribution in [0.2, 0.25) is 0 Å². The van der Waals surface area contributed by atoms with Gasteiger partial charge in [-0.25, -0.2) is 5.06 Å². The maximum absolute atomic E-state index is 12.5. The molecule has 0 saturated heterocycles. The number of hydrogen-bond donors (Lipinski definition) is 0. The molecule has 1 aromatic rings. The van der Waals surface area contributed by atoms with Crippen molar-refractivity contribution in [1.82, 2.24) is 10.0 Å². The topological polar surface area (TPSA) is 42.4 Å². The lowest BCUT2D eigenvalue weighted by Gasteiger charge is -2.16. The van der Waals surface area contributed by atoms with Gasteiger partial charge in [-0.2, -0.15) is 13.2 Å². The Hall–Kier alpha value is -1.63. The van der Waals surface area contributed by atoms with Crippen LogP contribution in [0.4, 0.5) is 13.2 Å². The minimum Gasteiger partial charge on any atom is -0.274 e. The molecule has 16 heavy (non-hydrogen) atoms. The highest BCUT2D eigenvalue weighted by atomic mass is 19.4. The summed E-state index contributed by atoms with van der Waals surface area (Å²) >= 11 is 0. The van der Waals surface area contributed by atoms with Crippen LogP contribution < -0.4 is 0 Å². The van der Waals surface area contributed by atoms with Crippen molar-refractivity contribution in [3.63, 3.8) is 0 Å². The van der Waals surface area contributed by atoms with E-state index in [4.69, 9.17) is 0 Å². The van der Waals surface area contributed by atoms with Gasteiger partial charge >= 0.3 is 6.18 Å².